The molecule has 1 heterocycles. The van der Waals surface area contributed by atoms with Crippen LogP contribution in [0.1, 0.15) is 18.1 Å². The fourth-order valence-electron chi connectivity index (χ4n) is 3.11. The molecule has 0 saturated carbocycles. The summed E-state index contributed by atoms with van der Waals surface area (Å²) in [6, 6.07) is 17.5. The van der Waals surface area contributed by atoms with Crippen LogP contribution in [0.2, 0.25) is 0 Å². The summed E-state index contributed by atoms with van der Waals surface area (Å²) in [6.07, 6.45) is 1.62. The monoisotopic (exact) mass is 423 g/mol. The maximum atomic E-state index is 11.6. The third-order valence-corrected chi connectivity index (χ3v) is 5.50. The van der Waals surface area contributed by atoms with E-state index in [1.165, 1.54) is 13.2 Å². The Labute approximate surface area is 175 Å². The minimum absolute atomic E-state index is 0.0617. The van der Waals surface area contributed by atoms with Crippen molar-refractivity contribution in [3.63, 3.8) is 0 Å². The SMILES string of the molecule is COc1cc(C(=[NH2+])/C(=C(/C)N)c2ccc(-c3cccc(S(N)(=O)=O)c3)cc2)ccn1. The minimum atomic E-state index is -3.77. The van der Waals surface area contributed by atoms with E-state index in [9.17, 15) is 8.42 Å². The van der Waals surface area contributed by atoms with Gasteiger partial charge in [0.05, 0.1) is 23.1 Å². The molecule has 3 aromatic rings. The molecule has 0 aliphatic rings. The Morgan fingerprint density at radius 2 is 1.70 bits per heavy atom. The number of hydrogen-bond acceptors (Lipinski definition) is 5. The van der Waals surface area contributed by atoms with Crippen LogP contribution < -0.4 is 21.0 Å². The molecule has 30 heavy (non-hydrogen) atoms. The van der Waals surface area contributed by atoms with E-state index < -0.39 is 10.0 Å². The molecule has 0 radical (unpaired) electrons. The summed E-state index contributed by atoms with van der Waals surface area (Å²) in [6.45, 7) is 1.78. The highest BCUT2D eigenvalue weighted by molar-refractivity contribution is 7.89. The number of hydrogen-bond donors (Lipinski definition) is 3. The lowest BCUT2D eigenvalue weighted by molar-refractivity contribution is -0.110. The molecule has 8 heteroatoms. The molecule has 0 amide bonds. The molecule has 0 aliphatic heterocycles. The molecule has 0 unspecified atom stereocenters. The zero-order chi connectivity index (χ0) is 21.9. The van der Waals surface area contributed by atoms with Crippen molar-refractivity contribution < 1.29 is 18.6 Å². The lowest BCUT2D eigenvalue weighted by Gasteiger charge is -2.10. The summed E-state index contributed by atoms with van der Waals surface area (Å²) < 4.78 is 28.4. The molecule has 7 nitrogen and oxygen atoms in total. The van der Waals surface area contributed by atoms with E-state index in [-0.39, 0.29) is 4.90 Å². The Morgan fingerprint density at radius 3 is 2.30 bits per heavy atom. The Kier molecular flexibility index (Phi) is 6.00. The van der Waals surface area contributed by atoms with Gasteiger partial charge in [0.1, 0.15) is 0 Å². The van der Waals surface area contributed by atoms with Crippen LogP contribution in [0.5, 0.6) is 5.88 Å². The van der Waals surface area contributed by atoms with Crippen molar-refractivity contribution in [1.82, 2.24) is 4.98 Å². The zero-order valence-corrected chi connectivity index (χ0v) is 17.5. The van der Waals surface area contributed by atoms with Gasteiger partial charge in [0.25, 0.3) is 0 Å². The van der Waals surface area contributed by atoms with Gasteiger partial charge in [-0.1, -0.05) is 36.4 Å². The fourth-order valence-corrected chi connectivity index (χ4v) is 3.67. The normalized spacial score (nSPS) is 12.2. The number of allylic oxidation sites excluding steroid dienone is 2. The van der Waals surface area contributed by atoms with Crippen LogP contribution in [0.3, 0.4) is 0 Å². The Hall–Kier alpha value is -3.49. The molecule has 3 rings (SSSR count). The summed E-state index contributed by atoms with van der Waals surface area (Å²) in [5, 5.41) is 11.7. The first-order valence-electron chi connectivity index (χ1n) is 9.04. The van der Waals surface area contributed by atoms with Gasteiger partial charge in [-0.05, 0) is 41.8 Å². The number of nitrogens with two attached hydrogens (primary N) is 3. The molecule has 0 saturated heterocycles. The summed E-state index contributed by atoms with van der Waals surface area (Å²) in [7, 11) is -2.23. The fraction of sp³-hybridized carbons (Fsp3) is 0.0909. The molecular formula is C22H23N4O3S+. The van der Waals surface area contributed by atoms with Gasteiger partial charge in [0, 0.05) is 18.0 Å². The van der Waals surface area contributed by atoms with E-state index in [1.54, 1.807) is 37.4 Å². The second-order valence-electron chi connectivity index (χ2n) is 6.71. The first kappa shape index (κ1) is 21.2. The van der Waals surface area contributed by atoms with Crippen LogP contribution in [0.4, 0.5) is 0 Å². The molecule has 0 aliphatic carbocycles. The molecule has 1 aromatic heterocycles. The topological polar surface area (TPSA) is 134 Å². The highest BCUT2D eigenvalue weighted by atomic mass is 32.2. The van der Waals surface area contributed by atoms with Crippen molar-refractivity contribution in [2.24, 2.45) is 10.9 Å². The van der Waals surface area contributed by atoms with Gasteiger partial charge in [-0.3, -0.25) is 5.41 Å². The van der Waals surface area contributed by atoms with Crippen LogP contribution >= 0.6 is 0 Å². The van der Waals surface area contributed by atoms with Crippen LogP contribution in [0.25, 0.3) is 16.7 Å². The van der Waals surface area contributed by atoms with Gasteiger partial charge < -0.3 is 10.5 Å². The predicted octanol–water partition coefficient (Wildman–Crippen LogP) is 1.34. The molecular weight excluding hydrogens is 400 g/mol. The number of nitrogens with zero attached hydrogens (tertiary/aromatic N) is 1. The number of aromatic nitrogens is 1. The van der Waals surface area contributed by atoms with Crippen LogP contribution in [0.15, 0.2) is 77.5 Å². The lowest BCUT2D eigenvalue weighted by atomic mass is 9.93. The van der Waals surface area contributed by atoms with Gasteiger partial charge in [0.2, 0.25) is 21.6 Å². The van der Waals surface area contributed by atoms with E-state index in [0.29, 0.717) is 22.9 Å². The van der Waals surface area contributed by atoms with Crippen molar-refractivity contribution >= 4 is 21.3 Å². The first-order chi connectivity index (χ1) is 14.2. The molecule has 6 N–H and O–H groups in total. The van der Waals surface area contributed by atoms with Gasteiger partial charge in [-0.15, -0.1) is 0 Å². The molecule has 0 atom stereocenters. The second-order valence-corrected chi connectivity index (χ2v) is 8.27. The maximum absolute atomic E-state index is 11.6. The van der Waals surface area contributed by atoms with Gasteiger partial charge >= 0.3 is 0 Å². The number of ether oxygens (including phenoxy) is 1. The van der Waals surface area contributed by atoms with Gasteiger partial charge in [0.15, 0.2) is 0 Å². The number of rotatable bonds is 6. The smallest absolute Gasteiger partial charge is 0.238 e. The Bertz CT molecular complexity index is 1230. The van der Waals surface area contributed by atoms with Crippen molar-refractivity contribution in [2.45, 2.75) is 11.8 Å². The van der Waals surface area contributed by atoms with E-state index in [1.807, 2.05) is 30.3 Å². The molecule has 154 valence electrons. The largest absolute Gasteiger partial charge is 0.481 e. The van der Waals surface area contributed by atoms with Crippen LogP contribution in [0, 0.1) is 0 Å². The highest BCUT2D eigenvalue weighted by Gasteiger charge is 2.19. The number of sulfonamides is 1. The standard InChI is InChI=1S/C22H22N4O3S/c1-14(23)21(22(24)18-10-11-26-20(13-18)29-2)16-8-6-15(7-9-16)17-4-3-5-19(12-17)30(25,27)28/h3-13,24H,23H2,1-2H3,(H2,25,27,28)/p+1/b21-14-,24-22?. The van der Waals surface area contributed by atoms with Crippen molar-refractivity contribution in [2.75, 3.05) is 7.11 Å². The summed E-state index contributed by atoms with van der Waals surface area (Å²) in [4.78, 5) is 4.16. The van der Waals surface area contributed by atoms with E-state index in [4.69, 9.17) is 21.0 Å². The zero-order valence-electron chi connectivity index (χ0n) is 16.7. The minimum Gasteiger partial charge on any atom is -0.481 e. The Balaban J connectivity index is 1.97. The number of pyridine rings is 1. The molecule has 0 bridgehead atoms. The summed E-state index contributed by atoms with van der Waals surface area (Å²) >= 11 is 0. The molecule has 0 fully saturated rings. The van der Waals surface area contributed by atoms with Gasteiger partial charge in [-0.2, -0.15) is 0 Å². The lowest BCUT2D eigenvalue weighted by Crippen LogP contribution is -2.41. The van der Waals surface area contributed by atoms with Crippen molar-refractivity contribution in [3.05, 3.63) is 83.7 Å². The van der Waals surface area contributed by atoms with E-state index >= 15 is 0 Å². The van der Waals surface area contributed by atoms with E-state index in [0.717, 1.165) is 22.3 Å². The quantitative estimate of drug-likeness (QED) is 0.515. The number of primary sulfonamides is 1. The third kappa shape index (κ3) is 4.56. The number of benzene rings is 2. The maximum Gasteiger partial charge on any atom is 0.238 e. The molecule has 0 spiro atoms. The average Bonchev–Trinajstić information content (AvgIpc) is 2.73. The average molecular weight is 424 g/mol. The number of methoxy groups -OCH3 is 1. The third-order valence-electron chi connectivity index (χ3n) is 4.59. The Morgan fingerprint density at radius 1 is 1.00 bits per heavy atom. The first-order valence-corrected chi connectivity index (χ1v) is 10.6. The highest BCUT2D eigenvalue weighted by Crippen LogP contribution is 2.26. The second kappa shape index (κ2) is 8.48. The van der Waals surface area contributed by atoms with Crippen LogP contribution in [-0.2, 0) is 10.0 Å². The molecule has 2 aromatic carbocycles. The van der Waals surface area contributed by atoms with E-state index in [2.05, 4.69) is 4.98 Å². The van der Waals surface area contributed by atoms with Crippen LogP contribution in [-0.4, -0.2) is 26.2 Å². The van der Waals surface area contributed by atoms with Crippen molar-refractivity contribution in [1.29, 1.82) is 0 Å². The van der Waals surface area contributed by atoms with Gasteiger partial charge in [-0.25, -0.2) is 18.5 Å². The summed E-state index contributed by atoms with van der Waals surface area (Å²) in [5.74, 6) is 0.453. The predicted molar refractivity (Wildman–Crippen MR) is 117 cm³/mol. The summed E-state index contributed by atoms with van der Waals surface area (Å²) in [5.41, 5.74) is 11.1. The van der Waals surface area contributed by atoms with Crippen molar-refractivity contribution in [3.8, 4) is 17.0 Å².